The van der Waals surface area contributed by atoms with Gasteiger partial charge in [0.2, 0.25) is 0 Å². The summed E-state index contributed by atoms with van der Waals surface area (Å²) in [4.78, 5) is 24.9. The molecule has 0 saturated carbocycles. The summed E-state index contributed by atoms with van der Waals surface area (Å²) in [5, 5.41) is 30.5. The van der Waals surface area contributed by atoms with Gasteiger partial charge in [-0.05, 0) is 12.8 Å². The number of aliphatic hydroxyl groups excluding tert-OH is 3. The highest BCUT2D eigenvalue weighted by Crippen LogP contribution is 2.26. The maximum absolute atomic E-state index is 12.5. The number of hydrogen-bond donors (Lipinski definition) is 3. The van der Waals surface area contributed by atoms with Gasteiger partial charge in [-0.25, -0.2) is 0 Å². The summed E-state index contributed by atoms with van der Waals surface area (Å²) in [5.74, 6) is -1.06. The number of esters is 2. The van der Waals surface area contributed by atoms with Crippen molar-refractivity contribution in [1.29, 1.82) is 0 Å². The SMILES string of the molecule is CCCCCCCCCCCC(=O)O[C@H]1[C@H](O)[C@@H](CO)OC(O)[C@H]1OC(=O)CCCCCCCCCCC. The summed E-state index contributed by atoms with van der Waals surface area (Å²) in [6.45, 7) is 3.84. The third kappa shape index (κ3) is 15.4. The second-order valence-electron chi connectivity index (χ2n) is 10.8. The van der Waals surface area contributed by atoms with Gasteiger partial charge < -0.3 is 29.5 Å². The summed E-state index contributed by atoms with van der Waals surface area (Å²) in [7, 11) is 0. The molecule has 0 aromatic heterocycles. The second-order valence-corrected chi connectivity index (χ2v) is 10.8. The first-order valence-corrected chi connectivity index (χ1v) is 15.5. The molecule has 0 bridgehead atoms. The lowest BCUT2D eigenvalue weighted by Gasteiger charge is -2.41. The van der Waals surface area contributed by atoms with Crippen molar-refractivity contribution in [1.82, 2.24) is 0 Å². The Balaban J connectivity index is 2.40. The van der Waals surface area contributed by atoms with E-state index >= 15 is 0 Å². The molecule has 1 heterocycles. The van der Waals surface area contributed by atoms with Gasteiger partial charge in [0.1, 0.15) is 12.2 Å². The average molecular weight is 545 g/mol. The lowest BCUT2D eigenvalue weighted by Crippen LogP contribution is -2.61. The minimum Gasteiger partial charge on any atom is -0.455 e. The number of hydrogen-bond acceptors (Lipinski definition) is 8. The zero-order chi connectivity index (χ0) is 28.0. The molecule has 0 spiro atoms. The molecular weight excluding hydrogens is 488 g/mol. The molecule has 224 valence electrons. The monoisotopic (exact) mass is 544 g/mol. The van der Waals surface area contributed by atoms with E-state index in [0.29, 0.717) is 12.8 Å². The van der Waals surface area contributed by atoms with Crippen LogP contribution in [0.1, 0.15) is 142 Å². The topological polar surface area (TPSA) is 123 Å². The highest BCUT2D eigenvalue weighted by atomic mass is 16.7. The average Bonchev–Trinajstić information content (AvgIpc) is 2.90. The molecule has 38 heavy (non-hydrogen) atoms. The molecule has 1 aliphatic heterocycles. The van der Waals surface area contributed by atoms with Gasteiger partial charge in [0.15, 0.2) is 18.5 Å². The molecule has 1 aliphatic rings. The Hall–Kier alpha value is -1.22. The Kier molecular flexibility index (Phi) is 20.7. The smallest absolute Gasteiger partial charge is 0.306 e. The van der Waals surface area contributed by atoms with Gasteiger partial charge in [0, 0.05) is 12.8 Å². The van der Waals surface area contributed by atoms with Gasteiger partial charge in [-0.1, -0.05) is 117 Å². The van der Waals surface area contributed by atoms with Crippen LogP contribution in [0.2, 0.25) is 0 Å². The minimum absolute atomic E-state index is 0.178. The Bertz CT molecular complexity index is 599. The van der Waals surface area contributed by atoms with Crippen LogP contribution < -0.4 is 0 Å². The van der Waals surface area contributed by atoms with E-state index in [9.17, 15) is 24.9 Å². The summed E-state index contributed by atoms with van der Waals surface area (Å²) >= 11 is 0. The highest BCUT2D eigenvalue weighted by molar-refractivity contribution is 5.70. The molecule has 1 rings (SSSR count). The molecule has 0 aliphatic carbocycles. The second kappa shape index (κ2) is 22.6. The van der Waals surface area contributed by atoms with E-state index in [1.165, 1.54) is 64.2 Å². The highest BCUT2D eigenvalue weighted by Gasteiger charge is 2.49. The largest absolute Gasteiger partial charge is 0.455 e. The third-order valence-electron chi connectivity index (χ3n) is 7.32. The number of ether oxygens (including phenoxy) is 3. The zero-order valence-corrected chi connectivity index (χ0v) is 24.1. The molecule has 1 saturated heterocycles. The molecule has 1 fully saturated rings. The maximum atomic E-state index is 12.5. The normalized spacial score (nSPS) is 23.3. The summed E-state index contributed by atoms with van der Waals surface area (Å²) in [6, 6.07) is 0. The van der Waals surface area contributed by atoms with E-state index in [1.807, 2.05) is 0 Å². The van der Waals surface area contributed by atoms with Crippen LogP contribution in [0.5, 0.6) is 0 Å². The van der Waals surface area contributed by atoms with Crippen LogP contribution in [0.15, 0.2) is 0 Å². The molecule has 8 nitrogen and oxygen atoms in total. The zero-order valence-electron chi connectivity index (χ0n) is 24.1. The Labute approximate surface area is 230 Å². The van der Waals surface area contributed by atoms with Crippen LogP contribution in [0, 0.1) is 0 Å². The van der Waals surface area contributed by atoms with E-state index in [0.717, 1.165) is 38.5 Å². The predicted octanol–water partition coefficient (Wildman–Crippen LogP) is 5.72. The standard InChI is InChI=1S/C30H56O8/c1-3-5-7-9-11-13-15-17-19-21-25(32)37-28-27(34)24(23-31)36-30(35)29(28)38-26(33)22-20-18-16-14-12-10-8-6-4-2/h24,27-31,34-35H,3-23H2,1-2H3/t24-,27-,28+,29+,30?/m1/s1. The van der Waals surface area contributed by atoms with Gasteiger partial charge in [0.25, 0.3) is 0 Å². The first-order valence-electron chi connectivity index (χ1n) is 15.5. The molecular formula is C30H56O8. The first-order chi connectivity index (χ1) is 18.4. The molecule has 0 radical (unpaired) electrons. The van der Waals surface area contributed by atoms with Crippen LogP contribution in [0.25, 0.3) is 0 Å². The number of rotatable bonds is 23. The molecule has 0 amide bonds. The van der Waals surface area contributed by atoms with Gasteiger partial charge in [0.05, 0.1) is 6.61 Å². The Morgan fingerprint density at radius 3 is 1.37 bits per heavy atom. The van der Waals surface area contributed by atoms with Crippen molar-refractivity contribution in [2.75, 3.05) is 6.61 Å². The van der Waals surface area contributed by atoms with Crippen molar-refractivity contribution >= 4 is 11.9 Å². The van der Waals surface area contributed by atoms with Gasteiger partial charge in [-0.2, -0.15) is 0 Å². The summed E-state index contributed by atoms with van der Waals surface area (Å²) in [5.41, 5.74) is 0. The lowest BCUT2D eigenvalue weighted by atomic mass is 9.98. The van der Waals surface area contributed by atoms with E-state index in [4.69, 9.17) is 14.2 Å². The van der Waals surface area contributed by atoms with Gasteiger partial charge in [-0.3, -0.25) is 9.59 Å². The molecule has 5 atom stereocenters. The molecule has 0 aromatic carbocycles. The fraction of sp³-hybridized carbons (Fsp3) is 0.933. The van der Waals surface area contributed by atoms with Crippen molar-refractivity contribution in [2.24, 2.45) is 0 Å². The number of aliphatic hydroxyl groups is 3. The number of unbranched alkanes of at least 4 members (excludes halogenated alkanes) is 16. The number of carbonyl (C=O) groups excluding carboxylic acids is 2. The van der Waals surface area contributed by atoms with Crippen LogP contribution in [0.3, 0.4) is 0 Å². The van der Waals surface area contributed by atoms with Crippen LogP contribution in [-0.2, 0) is 23.8 Å². The molecule has 0 aromatic rings. The van der Waals surface area contributed by atoms with Gasteiger partial charge >= 0.3 is 11.9 Å². The molecule has 1 unspecified atom stereocenters. The van der Waals surface area contributed by atoms with Crippen LogP contribution in [-0.4, -0.2) is 64.6 Å². The Morgan fingerprint density at radius 1 is 0.605 bits per heavy atom. The van der Waals surface area contributed by atoms with E-state index in [1.54, 1.807) is 0 Å². The van der Waals surface area contributed by atoms with Crippen LogP contribution in [0.4, 0.5) is 0 Å². The van der Waals surface area contributed by atoms with E-state index < -0.39 is 49.3 Å². The summed E-state index contributed by atoms with van der Waals surface area (Å²) < 4.78 is 16.1. The van der Waals surface area contributed by atoms with Crippen molar-refractivity contribution < 1.29 is 39.1 Å². The fourth-order valence-electron chi connectivity index (χ4n) is 4.90. The Morgan fingerprint density at radius 2 is 0.974 bits per heavy atom. The molecule has 3 N–H and O–H groups in total. The predicted molar refractivity (Wildman–Crippen MR) is 147 cm³/mol. The van der Waals surface area contributed by atoms with Crippen molar-refractivity contribution in [2.45, 2.75) is 173 Å². The van der Waals surface area contributed by atoms with Crippen molar-refractivity contribution in [3.8, 4) is 0 Å². The summed E-state index contributed by atoms with van der Waals surface area (Å²) in [6.07, 6.45) is 13.7. The first kappa shape index (κ1) is 34.8. The van der Waals surface area contributed by atoms with Crippen molar-refractivity contribution in [3.63, 3.8) is 0 Å². The third-order valence-corrected chi connectivity index (χ3v) is 7.32. The lowest BCUT2D eigenvalue weighted by molar-refractivity contribution is -0.293. The molecule has 8 heteroatoms. The van der Waals surface area contributed by atoms with Crippen molar-refractivity contribution in [3.05, 3.63) is 0 Å². The maximum Gasteiger partial charge on any atom is 0.306 e. The minimum atomic E-state index is -1.60. The fourth-order valence-corrected chi connectivity index (χ4v) is 4.90. The van der Waals surface area contributed by atoms with E-state index in [-0.39, 0.29) is 12.8 Å². The number of carbonyl (C=O) groups is 2. The quantitative estimate of drug-likeness (QED) is 0.110. The van der Waals surface area contributed by atoms with E-state index in [2.05, 4.69) is 13.8 Å². The van der Waals surface area contributed by atoms with Gasteiger partial charge in [-0.15, -0.1) is 0 Å². The van der Waals surface area contributed by atoms with Crippen LogP contribution >= 0.6 is 0 Å².